The molecule has 0 saturated heterocycles. The lowest BCUT2D eigenvalue weighted by Crippen LogP contribution is -2.47. The molecular formula is C15H20N2OS. The lowest BCUT2D eigenvalue weighted by molar-refractivity contribution is -0.135. The van der Waals surface area contributed by atoms with Crippen molar-refractivity contribution in [2.45, 2.75) is 31.7 Å². The quantitative estimate of drug-likeness (QED) is 0.838. The van der Waals surface area contributed by atoms with Gasteiger partial charge >= 0.3 is 0 Å². The molecule has 1 aliphatic rings. The van der Waals surface area contributed by atoms with Crippen LogP contribution in [0, 0.1) is 5.92 Å². The van der Waals surface area contributed by atoms with Crippen molar-refractivity contribution in [3.8, 4) is 0 Å². The third-order valence-electron chi connectivity index (χ3n) is 3.89. The number of rotatable bonds is 5. The Morgan fingerprint density at radius 3 is 2.53 bits per heavy atom. The van der Waals surface area contributed by atoms with Crippen molar-refractivity contribution >= 4 is 23.1 Å². The maximum Gasteiger partial charge on any atom is 0.232 e. The minimum atomic E-state index is -0.386. The number of nitrogens with two attached hydrogens (primary N) is 1. The normalized spacial score (nSPS) is 16.5. The van der Waals surface area contributed by atoms with Gasteiger partial charge in [0.15, 0.2) is 0 Å². The lowest BCUT2D eigenvalue weighted by atomic mass is 9.90. The highest BCUT2D eigenvalue weighted by atomic mass is 32.1. The first-order valence-corrected chi connectivity index (χ1v) is 7.10. The molecule has 1 aromatic rings. The van der Waals surface area contributed by atoms with Crippen LogP contribution in [0.1, 0.15) is 24.8 Å². The molecule has 0 aromatic heterocycles. The summed E-state index contributed by atoms with van der Waals surface area (Å²) in [7, 11) is 1.86. The van der Waals surface area contributed by atoms with Gasteiger partial charge in [0, 0.05) is 13.1 Å². The topological polar surface area (TPSA) is 46.3 Å². The van der Waals surface area contributed by atoms with E-state index >= 15 is 0 Å². The van der Waals surface area contributed by atoms with Gasteiger partial charge in [-0.1, -0.05) is 42.5 Å². The molecule has 1 amide bonds. The molecule has 0 heterocycles. The Labute approximate surface area is 119 Å². The second-order valence-electron chi connectivity index (χ2n) is 5.18. The van der Waals surface area contributed by atoms with Crippen LogP contribution in [0.5, 0.6) is 0 Å². The molecule has 1 aliphatic carbocycles. The molecule has 2 rings (SSSR count). The summed E-state index contributed by atoms with van der Waals surface area (Å²) in [5, 5.41) is 0. The second kappa shape index (κ2) is 6.15. The lowest BCUT2D eigenvalue weighted by Gasteiger charge is -2.36. The maximum atomic E-state index is 12.5. The summed E-state index contributed by atoms with van der Waals surface area (Å²) in [4.78, 5) is 14.6. The van der Waals surface area contributed by atoms with Gasteiger partial charge in [0.25, 0.3) is 0 Å². The zero-order valence-corrected chi connectivity index (χ0v) is 12.0. The Morgan fingerprint density at radius 2 is 2.05 bits per heavy atom. The molecule has 1 aromatic carbocycles. The predicted octanol–water partition coefficient (Wildman–Crippen LogP) is 2.14. The number of carbonyl (C=O) groups is 1. The van der Waals surface area contributed by atoms with Crippen LogP contribution >= 0.6 is 12.2 Å². The van der Waals surface area contributed by atoms with Crippen molar-refractivity contribution in [2.75, 3.05) is 7.05 Å². The van der Waals surface area contributed by atoms with E-state index in [2.05, 4.69) is 0 Å². The number of thiocarbonyl (C=S) groups is 1. The van der Waals surface area contributed by atoms with Gasteiger partial charge in [-0.05, 0) is 31.2 Å². The Balaban J connectivity index is 2.07. The van der Waals surface area contributed by atoms with Gasteiger partial charge in [-0.25, -0.2) is 0 Å². The average Bonchev–Trinajstić information content (AvgIpc) is 2.34. The van der Waals surface area contributed by atoms with E-state index in [1.165, 1.54) is 6.42 Å². The summed E-state index contributed by atoms with van der Waals surface area (Å²) in [6.07, 6.45) is 3.99. The molecule has 19 heavy (non-hydrogen) atoms. The largest absolute Gasteiger partial charge is 0.393 e. The molecule has 1 unspecified atom stereocenters. The van der Waals surface area contributed by atoms with Crippen LogP contribution in [0.25, 0.3) is 0 Å². The minimum absolute atomic E-state index is 0.0565. The smallest absolute Gasteiger partial charge is 0.232 e. The fourth-order valence-electron chi connectivity index (χ4n) is 2.36. The van der Waals surface area contributed by atoms with Crippen molar-refractivity contribution in [1.82, 2.24) is 4.90 Å². The van der Waals surface area contributed by atoms with Gasteiger partial charge in [-0.2, -0.15) is 0 Å². The summed E-state index contributed by atoms with van der Waals surface area (Å²) in [5.74, 6) is -0.330. The van der Waals surface area contributed by atoms with Gasteiger partial charge in [0.05, 0.1) is 10.9 Å². The molecule has 102 valence electrons. The standard InChI is InChI=1S/C15H20N2OS/c1-17(12-8-5-9-12)15(18)13(14(16)19)10-11-6-3-2-4-7-11/h2-4,6-7,12-13H,5,8-10H2,1H3,(H2,16,19). The maximum absolute atomic E-state index is 12.5. The number of hydrogen-bond acceptors (Lipinski definition) is 2. The van der Waals surface area contributed by atoms with Crippen LogP contribution in [-0.4, -0.2) is 28.9 Å². The van der Waals surface area contributed by atoms with Gasteiger partial charge < -0.3 is 10.6 Å². The fraction of sp³-hybridized carbons (Fsp3) is 0.467. The van der Waals surface area contributed by atoms with Crippen LogP contribution in [0.2, 0.25) is 0 Å². The highest BCUT2D eigenvalue weighted by molar-refractivity contribution is 7.80. The summed E-state index contributed by atoms with van der Waals surface area (Å²) in [5.41, 5.74) is 6.86. The third kappa shape index (κ3) is 3.32. The molecular weight excluding hydrogens is 256 g/mol. The van der Waals surface area contributed by atoms with E-state index in [1.807, 2.05) is 42.3 Å². The first-order chi connectivity index (χ1) is 9.09. The van der Waals surface area contributed by atoms with Crippen LogP contribution in [-0.2, 0) is 11.2 Å². The average molecular weight is 276 g/mol. The Hall–Kier alpha value is -1.42. The highest BCUT2D eigenvalue weighted by Crippen LogP contribution is 2.25. The van der Waals surface area contributed by atoms with Gasteiger partial charge in [0.1, 0.15) is 0 Å². The SMILES string of the molecule is CN(C(=O)C(Cc1ccccc1)C(N)=S)C1CCC1. The summed E-state index contributed by atoms with van der Waals surface area (Å²) >= 11 is 5.08. The summed E-state index contributed by atoms with van der Waals surface area (Å²) in [6, 6.07) is 10.3. The summed E-state index contributed by atoms with van der Waals surface area (Å²) in [6.45, 7) is 0. The van der Waals surface area contributed by atoms with E-state index in [1.54, 1.807) is 0 Å². The molecule has 0 spiro atoms. The third-order valence-corrected chi connectivity index (χ3v) is 4.18. The zero-order chi connectivity index (χ0) is 13.8. The Kier molecular flexibility index (Phi) is 4.53. The number of hydrogen-bond donors (Lipinski definition) is 1. The van der Waals surface area contributed by atoms with E-state index in [0.717, 1.165) is 18.4 Å². The van der Waals surface area contributed by atoms with Crippen LogP contribution in [0.3, 0.4) is 0 Å². The first kappa shape index (κ1) is 14.0. The molecule has 3 nitrogen and oxygen atoms in total. The number of carbonyl (C=O) groups excluding carboxylic acids is 1. The molecule has 4 heteroatoms. The van der Waals surface area contributed by atoms with Crippen molar-refractivity contribution in [2.24, 2.45) is 11.7 Å². The van der Waals surface area contributed by atoms with Crippen molar-refractivity contribution in [3.63, 3.8) is 0 Å². The molecule has 0 bridgehead atoms. The van der Waals surface area contributed by atoms with Gasteiger partial charge in [0.2, 0.25) is 5.91 Å². The summed E-state index contributed by atoms with van der Waals surface area (Å²) < 4.78 is 0. The minimum Gasteiger partial charge on any atom is -0.393 e. The molecule has 0 aliphatic heterocycles. The van der Waals surface area contributed by atoms with Crippen molar-refractivity contribution < 1.29 is 4.79 Å². The van der Waals surface area contributed by atoms with Crippen LogP contribution < -0.4 is 5.73 Å². The van der Waals surface area contributed by atoms with E-state index in [0.29, 0.717) is 17.5 Å². The molecule has 1 fully saturated rings. The molecule has 0 radical (unpaired) electrons. The molecule has 1 saturated carbocycles. The van der Waals surface area contributed by atoms with Gasteiger partial charge in [-0.15, -0.1) is 0 Å². The molecule has 1 atom stereocenters. The number of amides is 1. The first-order valence-electron chi connectivity index (χ1n) is 6.69. The monoisotopic (exact) mass is 276 g/mol. The molecule has 2 N–H and O–H groups in total. The van der Waals surface area contributed by atoms with Crippen LogP contribution in [0.15, 0.2) is 30.3 Å². The Morgan fingerprint density at radius 1 is 1.42 bits per heavy atom. The fourth-order valence-corrected chi connectivity index (χ4v) is 2.54. The second-order valence-corrected chi connectivity index (χ2v) is 5.65. The zero-order valence-electron chi connectivity index (χ0n) is 11.2. The van der Waals surface area contributed by atoms with Gasteiger partial charge in [-0.3, -0.25) is 4.79 Å². The van der Waals surface area contributed by atoms with Crippen molar-refractivity contribution in [3.05, 3.63) is 35.9 Å². The number of nitrogens with zero attached hydrogens (tertiary/aromatic N) is 1. The van der Waals surface area contributed by atoms with E-state index < -0.39 is 0 Å². The Bertz CT molecular complexity index is 456. The van der Waals surface area contributed by atoms with Crippen molar-refractivity contribution in [1.29, 1.82) is 0 Å². The predicted molar refractivity (Wildman–Crippen MR) is 80.8 cm³/mol. The highest BCUT2D eigenvalue weighted by Gasteiger charge is 2.31. The van der Waals surface area contributed by atoms with Crippen LogP contribution in [0.4, 0.5) is 0 Å². The van der Waals surface area contributed by atoms with E-state index in [9.17, 15) is 4.79 Å². The van der Waals surface area contributed by atoms with E-state index in [-0.39, 0.29) is 11.8 Å². The van der Waals surface area contributed by atoms with E-state index in [4.69, 9.17) is 18.0 Å². The number of benzene rings is 1.